The van der Waals surface area contributed by atoms with E-state index in [1.54, 1.807) is 30.3 Å². The van der Waals surface area contributed by atoms with Crippen molar-refractivity contribution < 1.29 is 13.2 Å². The van der Waals surface area contributed by atoms with Gasteiger partial charge in [-0.1, -0.05) is 54.1 Å². The second kappa shape index (κ2) is 8.84. The lowest BCUT2D eigenvalue weighted by molar-refractivity contribution is -0.138. The van der Waals surface area contributed by atoms with E-state index in [-0.39, 0.29) is 24.6 Å². The van der Waals surface area contributed by atoms with Crippen LogP contribution in [0.15, 0.2) is 59.4 Å². The van der Waals surface area contributed by atoms with E-state index < -0.39 is 29.4 Å². The summed E-state index contributed by atoms with van der Waals surface area (Å²) in [5.41, 5.74) is 7.10. The average Bonchev–Trinajstić information content (AvgIpc) is 2.64. The molecule has 0 amide bonds. The normalized spacial score (nSPS) is 11.2. The zero-order valence-corrected chi connectivity index (χ0v) is 16.9. The molecule has 1 aromatic heterocycles. The van der Waals surface area contributed by atoms with E-state index in [9.17, 15) is 18.0 Å². The number of pyridine rings is 1. The third kappa shape index (κ3) is 4.71. The van der Waals surface area contributed by atoms with E-state index in [2.05, 4.69) is 0 Å². The lowest BCUT2D eigenvalue weighted by Gasteiger charge is -2.20. The molecule has 0 fully saturated rings. The molecule has 0 radical (unpaired) electrons. The Morgan fingerprint density at radius 1 is 1.00 bits per heavy atom. The first-order valence-electron chi connectivity index (χ1n) is 8.88. The van der Waals surface area contributed by atoms with Crippen molar-refractivity contribution in [1.82, 2.24) is 4.57 Å². The fourth-order valence-corrected chi connectivity index (χ4v) is 3.34. The summed E-state index contributed by atoms with van der Waals surface area (Å²) in [6, 6.07) is 15.4. The quantitative estimate of drug-likeness (QED) is 0.637. The van der Waals surface area contributed by atoms with Crippen molar-refractivity contribution in [3.05, 3.63) is 92.8 Å². The molecule has 29 heavy (non-hydrogen) atoms. The summed E-state index contributed by atoms with van der Waals surface area (Å²) in [6.45, 7) is 3.57. The number of rotatable bonds is 4. The van der Waals surface area contributed by atoms with Crippen LogP contribution in [0.2, 0.25) is 0 Å². The molecule has 2 N–H and O–H groups in total. The molecule has 2 aromatic carbocycles. The summed E-state index contributed by atoms with van der Waals surface area (Å²) in [4.78, 5) is 13.0. The van der Waals surface area contributed by atoms with Crippen LogP contribution in [0.3, 0.4) is 0 Å². The van der Waals surface area contributed by atoms with Crippen molar-refractivity contribution in [1.29, 1.82) is 0 Å². The lowest BCUT2D eigenvalue weighted by atomic mass is 10.0. The summed E-state index contributed by atoms with van der Waals surface area (Å²) < 4.78 is 42.1. The van der Waals surface area contributed by atoms with Crippen LogP contribution in [0.1, 0.15) is 27.8 Å². The first kappa shape index (κ1) is 22.7. The van der Waals surface area contributed by atoms with Gasteiger partial charge in [0.15, 0.2) is 0 Å². The maximum absolute atomic E-state index is 13.6. The van der Waals surface area contributed by atoms with Crippen molar-refractivity contribution in [3.63, 3.8) is 0 Å². The largest absolute Gasteiger partial charge is 0.416 e. The highest BCUT2D eigenvalue weighted by atomic mass is 35.5. The molecule has 0 saturated carbocycles. The highest BCUT2D eigenvalue weighted by Gasteiger charge is 2.35. The maximum atomic E-state index is 13.6. The van der Waals surface area contributed by atoms with Gasteiger partial charge in [-0.3, -0.25) is 4.79 Å². The zero-order chi connectivity index (χ0) is 20.5. The molecular weight excluding hydrogens is 401 g/mol. The van der Waals surface area contributed by atoms with Crippen molar-refractivity contribution >= 4 is 12.4 Å². The number of aromatic nitrogens is 1. The smallest absolute Gasteiger partial charge is 0.326 e. The number of benzene rings is 2. The Bertz CT molecular complexity index is 1060. The Hall–Kier alpha value is -2.57. The first-order chi connectivity index (χ1) is 13.2. The number of nitrogens with zero attached hydrogens (tertiary/aromatic N) is 1. The van der Waals surface area contributed by atoms with Crippen molar-refractivity contribution in [2.24, 2.45) is 5.73 Å². The zero-order valence-electron chi connectivity index (χ0n) is 16.1. The van der Waals surface area contributed by atoms with Crippen LogP contribution in [-0.2, 0) is 19.3 Å². The van der Waals surface area contributed by atoms with Crippen LogP contribution in [0.4, 0.5) is 13.2 Å². The molecule has 3 aromatic rings. The van der Waals surface area contributed by atoms with Gasteiger partial charge in [-0.15, -0.1) is 12.4 Å². The van der Waals surface area contributed by atoms with Gasteiger partial charge in [-0.2, -0.15) is 13.2 Å². The molecule has 3 nitrogen and oxygen atoms in total. The molecule has 154 valence electrons. The third-order valence-corrected chi connectivity index (χ3v) is 4.81. The van der Waals surface area contributed by atoms with Gasteiger partial charge in [0, 0.05) is 12.1 Å². The number of nitrogens with two attached hydrogens (primary N) is 1. The summed E-state index contributed by atoms with van der Waals surface area (Å²) in [7, 11) is 0. The number of alkyl halides is 3. The standard InChI is InChI=1S/C22H21F3N2O.ClH/c1-14-8-9-17(15(2)10-14)13-27-20(16-6-4-3-5-7-16)11-19(22(23,24)25)18(12-26)21(27)28;/h3-11H,12-13,26H2,1-2H3;1H. The predicted octanol–water partition coefficient (Wildman–Crippen LogP) is 5.08. The van der Waals surface area contributed by atoms with Crippen LogP contribution in [0, 0.1) is 13.8 Å². The van der Waals surface area contributed by atoms with E-state index in [4.69, 9.17) is 5.73 Å². The highest BCUT2D eigenvalue weighted by Crippen LogP contribution is 2.34. The molecular formula is C22H22ClF3N2O. The minimum atomic E-state index is -4.66. The summed E-state index contributed by atoms with van der Waals surface area (Å²) >= 11 is 0. The molecule has 7 heteroatoms. The fraction of sp³-hybridized carbons (Fsp3) is 0.227. The van der Waals surface area contributed by atoms with E-state index in [1.807, 2.05) is 32.0 Å². The van der Waals surface area contributed by atoms with Gasteiger partial charge >= 0.3 is 6.18 Å². The second-order valence-electron chi connectivity index (χ2n) is 6.81. The molecule has 0 atom stereocenters. The molecule has 1 heterocycles. The molecule has 3 rings (SSSR count). The number of hydrogen-bond donors (Lipinski definition) is 1. The fourth-order valence-electron chi connectivity index (χ4n) is 3.34. The Morgan fingerprint density at radius 3 is 2.21 bits per heavy atom. The predicted molar refractivity (Wildman–Crippen MR) is 111 cm³/mol. The highest BCUT2D eigenvalue weighted by molar-refractivity contribution is 5.85. The van der Waals surface area contributed by atoms with Crippen molar-refractivity contribution in [2.75, 3.05) is 0 Å². The lowest BCUT2D eigenvalue weighted by Crippen LogP contribution is -2.31. The van der Waals surface area contributed by atoms with Crippen LogP contribution in [0.5, 0.6) is 0 Å². The molecule has 0 unspecified atom stereocenters. The van der Waals surface area contributed by atoms with Gasteiger partial charge in [0.25, 0.3) is 5.56 Å². The average molecular weight is 423 g/mol. The maximum Gasteiger partial charge on any atom is 0.416 e. The molecule has 0 spiro atoms. The van der Waals surface area contributed by atoms with E-state index >= 15 is 0 Å². The van der Waals surface area contributed by atoms with Crippen LogP contribution >= 0.6 is 12.4 Å². The van der Waals surface area contributed by atoms with E-state index in [0.717, 1.165) is 22.8 Å². The number of halogens is 4. The van der Waals surface area contributed by atoms with E-state index in [0.29, 0.717) is 5.56 Å². The summed E-state index contributed by atoms with van der Waals surface area (Å²) in [6.07, 6.45) is -4.66. The first-order valence-corrected chi connectivity index (χ1v) is 8.88. The molecule has 0 aliphatic rings. The number of aryl methyl sites for hydroxylation is 2. The van der Waals surface area contributed by atoms with Gasteiger partial charge in [-0.05, 0) is 36.6 Å². The summed E-state index contributed by atoms with van der Waals surface area (Å²) in [5.74, 6) is 0. The molecule has 0 saturated heterocycles. The van der Waals surface area contributed by atoms with Gasteiger partial charge in [0.05, 0.1) is 17.8 Å². The SMILES string of the molecule is Cc1ccc(Cn2c(-c3ccccc3)cc(C(F)(F)F)c(CN)c2=O)c(C)c1.Cl. The van der Waals surface area contributed by atoms with Crippen LogP contribution in [-0.4, -0.2) is 4.57 Å². The second-order valence-corrected chi connectivity index (χ2v) is 6.81. The molecule has 0 aliphatic heterocycles. The third-order valence-electron chi connectivity index (χ3n) is 4.81. The van der Waals surface area contributed by atoms with Crippen molar-refractivity contribution in [2.45, 2.75) is 33.1 Å². The van der Waals surface area contributed by atoms with Gasteiger partial charge in [0.2, 0.25) is 0 Å². The summed E-state index contributed by atoms with van der Waals surface area (Å²) in [5, 5.41) is 0. The van der Waals surface area contributed by atoms with Gasteiger partial charge in [-0.25, -0.2) is 0 Å². The van der Waals surface area contributed by atoms with Gasteiger partial charge < -0.3 is 10.3 Å². The monoisotopic (exact) mass is 422 g/mol. The Labute approximate surface area is 173 Å². The van der Waals surface area contributed by atoms with Crippen LogP contribution in [0.25, 0.3) is 11.3 Å². The molecule has 0 bridgehead atoms. The van der Waals surface area contributed by atoms with Gasteiger partial charge in [0.1, 0.15) is 0 Å². The molecule has 0 aliphatic carbocycles. The Kier molecular flexibility index (Phi) is 6.93. The van der Waals surface area contributed by atoms with E-state index in [1.165, 1.54) is 4.57 Å². The number of hydrogen-bond acceptors (Lipinski definition) is 2. The van der Waals surface area contributed by atoms with Crippen molar-refractivity contribution in [3.8, 4) is 11.3 Å². The topological polar surface area (TPSA) is 48.0 Å². The minimum Gasteiger partial charge on any atom is -0.326 e. The minimum absolute atomic E-state index is 0. The Morgan fingerprint density at radius 2 is 1.66 bits per heavy atom. The van der Waals surface area contributed by atoms with Crippen LogP contribution < -0.4 is 11.3 Å². The Balaban J connectivity index is 0.00000300.